The zero-order chi connectivity index (χ0) is 13.4. The molecule has 1 aromatic rings. The Morgan fingerprint density at radius 1 is 1.50 bits per heavy atom. The van der Waals surface area contributed by atoms with E-state index in [4.69, 9.17) is 11.5 Å². The van der Waals surface area contributed by atoms with E-state index >= 15 is 0 Å². The zero-order valence-corrected chi connectivity index (χ0v) is 11.7. The average molecular weight is 269 g/mol. The van der Waals surface area contributed by atoms with Crippen LogP contribution in [0.3, 0.4) is 0 Å². The molecular formula is C11H19N5OS. The van der Waals surface area contributed by atoms with E-state index < -0.39 is 5.91 Å². The summed E-state index contributed by atoms with van der Waals surface area (Å²) in [5.41, 5.74) is 11.4. The van der Waals surface area contributed by atoms with E-state index in [9.17, 15) is 4.79 Å². The van der Waals surface area contributed by atoms with Gasteiger partial charge in [-0.15, -0.1) is 0 Å². The number of nitrogens with two attached hydrogens (primary N) is 2. The van der Waals surface area contributed by atoms with Gasteiger partial charge in [-0.2, -0.15) is 4.37 Å². The summed E-state index contributed by atoms with van der Waals surface area (Å²) in [4.78, 5) is 15.8. The van der Waals surface area contributed by atoms with Crippen LogP contribution in [0.5, 0.6) is 0 Å². The van der Waals surface area contributed by atoms with Gasteiger partial charge in [0.1, 0.15) is 10.6 Å². The SMILES string of the molecule is CC1CN(c2snc(N)c2C(N)=O)CC1N(C)C. The minimum atomic E-state index is -0.503. The highest BCUT2D eigenvalue weighted by Gasteiger charge is 2.34. The van der Waals surface area contributed by atoms with Gasteiger partial charge in [0.15, 0.2) is 5.82 Å². The molecule has 1 fully saturated rings. The first-order valence-corrected chi connectivity index (χ1v) is 6.65. The van der Waals surface area contributed by atoms with Gasteiger partial charge in [0.05, 0.1) is 0 Å². The summed E-state index contributed by atoms with van der Waals surface area (Å²) >= 11 is 1.25. The third kappa shape index (κ3) is 2.15. The number of hydrogen-bond donors (Lipinski definition) is 2. The highest BCUT2D eigenvalue weighted by Crippen LogP contribution is 2.34. The van der Waals surface area contributed by atoms with Crippen molar-refractivity contribution in [2.75, 3.05) is 37.8 Å². The summed E-state index contributed by atoms with van der Waals surface area (Å²) in [5, 5.41) is 0.802. The number of likely N-dealkylation sites (N-methyl/N-ethyl adjacent to an activating group) is 1. The lowest BCUT2D eigenvalue weighted by Crippen LogP contribution is -2.34. The Bertz CT molecular complexity index is 458. The summed E-state index contributed by atoms with van der Waals surface area (Å²) in [7, 11) is 4.14. The van der Waals surface area contributed by atoms with Crippen molar-refractivity contribution < 1.29 is 4.79 Å². The third-order valence-electron chi connectivity index (χ3n) is 3.47. The predicted octanol–water partition coefficient (Wildman–Crippen LogP) is 0.211. The number of hydrogen-bond acceptors (Lipinski definition) is 6. The maximum absolute atomic E-state index is 11.4. The standard InChI is InChI=1S/C11H19N5OS/c1-6-4-16(5-7(6)15(2)3)11-8(10(13)17)9(12)14-18-11/h6-7H,4-5H2,1-3H3,(H2,12,14)(H2,13,17). The number of nitrogens with zero attached hydrogens (tertiary/aromatic N) is 3. The summed E-state index contributed by atoms with van der Waals surface area (Å²) in [6.45, 7) is 3.97. The van der Waals surface area contributed by atoms with Crippen molar-refractivity contribution in [3.05, 3.63) is 5.56 Å². The molecule has 18 heavy (non-hydrogen) atoms. The molecule has 0 bridgehead atoms. The number of anilines is 2. The molecule has 0 radical (unpaired) electrons. The van der Waals surface area contributed by atoms with Crippen molar-refractivity contribution in [2.45, 2.75) is 13.0 Å². The molecule has 1 saturated heterocycles. The van der Waals surface area contributed by atoms with Gasteiger partial charge in [-0.25, -0.2) is 0 Å². The van der Waals surface area contributed by atoms with Crippen LogP contribution in [-0.4, -0.2) is 48.4 Å². The molecule has 0 aromatic carbocycles. The van der Waals surface area contributed by atoms with Crippen molar-refractivity contribution in [1.82, 2.24) is 9.27 Å². The molecule has 0 aliphatic carbocycles. The average Bonchev–Trinajstić information content (AvgIpc) is 2.81. The first-order valence-electron chi connectivity index (χ1n) is 5.88. The summed E-state index contributed by atoms with van der Waals surface area (Å²) in [5.74, 6) is 0.268. The van der Waals surface area contributed by atoms with Crippen LogP contribution in [0.4, 0.5) is 10.8 Å². The molecule has 7 heteroatoms. The molecule has 2 rings (SSSR count). The Kier molecular flexibility index (Phi) is 3.45. The smallest absolute Gasteiger partial charge is 0.255 e. The minimum Gasteiger partial charge on any atom is -0.382 e. The fourth-order valence-electron chi connectivity index (χ4n) is 2.53. The Morgan fingerprint density at radius 3 is 2.67 bits per heavy atom. The molecule has 2 atom stereocenters. The summed E-state index contributed by atoms with van der Waals surface area (Å²) in [6, 6.07) is 0.467. The van der Waals surface area contributed by atoms with E-state index in [1.165, 1.54) is 11.5 Å². The number of aromatic nitrogens is 1. The second-order valence-corrected chi connectivity index (χ2v) is 5.78. The number of amides is 1. The monoisotopic (exact) mass is 269 g/mol. The van der Waals surface area contributed by atoms with Crippen molar-refractivity contribution >= 4 is 28.3 Å². The van der Waals surface area contributed by atoms with E-state index in [0.717, 1.165) is 18.1 Å². The fourth-order valence-corrected chi connectivity index (χ4v) is 3.37. The Hall–Kier alpha value is -1.34. The molecule has 0 saturated carbocycles. The number of rotatable bonds is 3. The van der Waals surface area contributed by atoms with E-state index in [-0.39, 0.29) is 5.82 Å². The van der Waals surface area contributed by atoms with Crippen molar-refractivity contribution in [3.63, 3.8) is 0 Å². The molecule has 6 nitrogen and oxygen atoms in total. The van der Waals surface area contributed by atoms with Crippen LogP contribution in [0.2, 0.25) is 0 Å². The number of nitrogen functional groups attached to an aromatic ring is 1. The van der Waals surface area contributed by atoms with Gasteiger partial charge in [-0.1, -0.05) is 6.92 Å². The highest BCUT2D eigenvalue weighted by atomic mass is 32.1. The molecule has 4 N–H and O–H groups in total. The quantitative estimate of drug-likeness (QED) is 0.819. The molecule has 1 amide bonds. The van der Waals surface area contributed by atoms with Gasteiger partial charge in [-0.05, 0) is 31.5 Å². The van der Waals surface area contributed by atoms with Gasteiger partial charge < -0.3 is 21.3 Å². The van der Waals surface area contributed by atoms with Gasteiger partial charge in [-0.3, -0.25) is 4.79 Å². The molecule has 2 unspecified atom stereocenters. The first kappa shape index (κ1) is 13.1. The second kappa shape index (κ2) is 4.74. The van der Waals surface area contributed by atoms with Crippen molar-refractivity contribution in [1.29, 1.82) is 0 Å². The third-order valence-corrected chi connectivity index (χ3v) is 4.39. The molecule has 1 aliphatic rings. The van der Waals surface area contributed by atoms with Crippen LogP contribution in [0, 0.1) is 5.92 Å². The van der Waals surface area contributed by atoms with E-state index in [1.54, 1.807) is 0 Å². The summed E-state index contributed by atoms with van der Waals surface area (Å²) < 4.78 is 4.04. The van der Waals surface area contributed by atoms with E-state index in [2.05, 4.69) is 35.2 Å². The molecule has 0 spiro atoms. The number of carbonyl (C=O) groups is 1. The molecule has 1 aromatic heterocycles. The largest absolute Gasteiger partial charge is 0.382 e. The molecule has 1 aliphatic heterocycles. The minimum absolute atomic E-state index is 0.239. The van der Waals surface area contributed by atoms with Gasteiger partial charge in [0.25, 0.3) is 5.91 Å². The maximum atomic E-state index is 11.4. The van der Waals surface area contributed by atoms with Gasteiger partial charge >= 0.3 is 0 Å². The van der Waals surface area contributed by atoms with E-state index in [0.29, 0.717) is 17.5 Å². The topological polar surface area (TPSA) is 88.5 Å². The molecule has 100 valence electrons. The van der Waals surface area contributed by atoms with Gasteiger partial charge in [0.2, 0.25) is 0 Å². The normalized spacial score (nSPS) is 23.9. The van der Waals surface area contributed by atoms with E-state index in [1.807, 2.05) is 0 Å². The van der Waals surface area contributed by atoms with Gasteiger partial charge in [0, 0.05) is 19.1 Å². The Morgan fingerprint density at radius 2 is 2.17 bits per heavy atom. The van der Waals surface area contributed by atoms with Crippen LogP contribution in [0.15, 0.2) is 0 Å². The molecular weight excluding hydrogens is 250 g/mol. The highest BCUT2D eigenvalue weighted by molar-refractivity contribution is 7.11. The zero-order valence-electron chi connectivity index (χ0n) is 10.9. The van der Waals surface area contributed by atoms with Crippen LogP contribution >= 0.6 is 11.5 Å². The van der Waals surface area contributed by atoms with Crippen molar-refractivity contribution in [3.8, 4) is 0 Å². The maximum Gasteiger partial charge on any atom is 0.255 e. The van der Waals surface area contributed by atoms with Crippen LogP contribution < -0.4 is 16.4 Å². The van der Waals surface area contributed by atoms with Crippen LogP contribution in [-0.2, 0) is 0 Å². The van der Waals surface area contributed by atoms with Crippen molar-refractivity contribution in [2.24, 2.45) is 11.7 Å². The lowest BCUT2D eigenvalue weighted by molar-refractivity contribution is 0.100. The van der Waals surface area contributed by atoms with Crippen LogP contribution in [0.1, 0.15) is 17.3 Å². The Labute approximate surface area is 111 Å². The first-order chi connectivity index (χ1) is 8.41. The molecule has 2 heterocycles. The number of carbonyl (C=O) groups excluding carboxylic acids is 1. The predicted molar refractivity (Wildman–Crippen MR) is 73.9 cm³/mol. The second-order valence-electron chi connectivity index (χ2n) is 5.03. The fraction of sp³-hybridized carbons (Fsp3) is 0.636. The summed E-state index contributed by atoms with van der Waals surface area (Å²) in [6.07, 6.45) is 0. The van der Waals surface area contributed by atoms with Crippen LogP contribution in [0.25, 0.3) is 0 Å². The lowest BCUT2D eigenvalue weighted by Gasteiger charge is -2.22. The number of primary amides is 1. The Balaban J connectivity index is 2.27. The lowest BCUT2D eigenvalue weighted by atomic mass is 10.1.